The van der Waals surface area contributed by atoms with Gasteiger partial charge in [0, 0.05) is 32.2 Å². The first-order chi connectivity index (χ1) is 7.84. The molecule has 1 aromatic heterocycles. The first kappa shape index (κ1) is 9.99. The molecule has 0 amide bonds. The topological polar surface area (TPSA) is 67.0 Å². The van der Waals surface area contributed by atoms with E-state index in [1.54, 1.807) is 0 Å². The molecule has 0 unspecified atom stereocenters. The van der Waals surface area contributed by atoms with Crippen molar-refractivity contribution >= 4 is 0 Å². The number of fused-ring (bicyclic) bond motifs is 1. The molecule has 16 heavy (non-hydrogen) atoms. The van der Waals surface area contributed by atoms with Gasteiger partial charge in [0.25, 0.3) is 5.56 Å². The second-order valence-electron chi connectivity index (χ2n) is 4.37. The zero-order chi connectivity index (χ0) is 11.0. The molecule has 1 fully saturated rings. The Morgan fingerprint density at radius 2 is 2.06 bits per heavy atom. The largest absolute Gasteiger partial charge is 0.381 e. The molecule has 0 saturated carbocycles. The van der Waals surface area contributed by atoms with Gasteiger partial charge in [-0.2, -0.15) is 0 Å². The Morgan fingerprint density at radius 1 is 1.25 bits per heavy atom. The number of hydrogen-bond acceptors (Lipinski definition) is 4. The molecular formula is C11H15N3O2. The molecule has 3 rings (SSSR count). The Hall–Kier alpha value is -1.20. The van der Waals surface area contributed by atoms with Gasteiger partial charge in [-0.25, -0.2) is 4.98 Å². The average Bonchev–Trinajstić information content (AvgIpc) is 2.79. The Labute approximate surface area is 93.2 Å². The van der Waals surface area contributed by atoms with E-state index in [0.717, 1.165) is 49.7 Å². The first-order valence-corrected chi connectivity index (χ1v) is 5.75. The Kier molecular flexibility index (Phi) is 2.49. The lowest BCUT2D eigenvalue weighted by Gasteiger charge is -2.21. The van der Waals surface area contributed by atoms with Crippen LogP contribution >= 0.6 is 0 Å². The minimum absolute atomic E-state index is 0.0245. The van der Waals surface area contributed by atoms with Crippen LogP contribution in [0.15, 0.2) is 4.79 Å². The van der Waals surface area contributed by atoms with Crippen LogP contribution in [0.1, 0.15) is 35.8 Å². The van der Waals surface area contributed by atoms with Crippen LogP contribution in [0.3, 0.4) is 0 Å². The fraction of sp³-hybridized carbons (Fsp3) is 0.636. The first-order valence-electron chi connectivity index (χ1n) is 5.75. The highest BCUT2D eigenvalue weighted by Crippen LogP contribution is 2.24. The van der Waals surface area contributed by atoms with Crippen molar-refractivity contribution in [3.63, 3.8) is 0 Å². The van der Waals surface area contributed by atoms with Gasteiger partial charge in [0.2, 0.25) is 0 Å². The fourth-order valence-corrected chi connectivity index (χ4v) is 2.36. The van der Waals surface area contributed by atoms with Crippen molar-refractivity contribution in [1.82, 2.24) is 15.3 Å². The molecule has 2 aliphatic heterocycles. The maximum atomic E-state index is 11.8. The van der Waals surface area contributed by atoms with Crippen molar-refractivity contribution in [2.75, 3.05) is 13.2 Å². The number of nitrogens with one attached hydrogen (secondary N) is 2. The molecule has 2 N–H and O–H groups in total. The van der Waals surface area contributed by atoms with Gasteiger partial charge >= 0.3 is 0 Å². The van der Waals surface area contributed by atoms with Crippen LogP contribution in [-0.2, 0) is 17.8 Å². The number of ether oxygens (including phenoxy) is 1. The minimum atomic E-state index is 0.0245. The van der Waals surface area contributed by atoms with E-state index >= 15 is 0 Å². The van der Waals surface area contributed by atoms with Crippen molar-refractivity contribution in [2.45, 2.75) is 31.8 Å². The van der Waals surface area contributed by atoms with Crippen molar-refractivity contribution < 1.29 is 4.74 Å². The summed E-state index contributed by atoms with van der Waals surface area (Å²) in [4.78, 5) is 19.3. The van der Waals surface area contributed by atoms with E-state index in [0.29, 0.717) is 12.5 Å². The maximum Gasteiger partial charge on any atom is 0.255 e. The van der Waals surface area contributed by atoms with E-state index in [1.807, 2.05) is 0 Å². The molecule has 3 heterocycles. The van der Waals surface area contributed by atoms with E-state index < -0.39 is 0 Å². The van der Waals surface area contributed by atoms with Crippen LogP contribution in [0.2, 0.25) is 0 Å². The van der Waals surface area contributed by atoms with Gasteiger partial charge in [0.1, 0.15) is 5.82 Å². The van der Waals surface area contributed by atoms with Crippen LogP contribution in [0.5, 0.6) is 0 Å². The number of rotatable bonds is 1. The predicted octanol–water partition coefficient (Wildman–Crippen LogP) is 0.267. The number of aromatic amines is 1. The van der Waals surface area contributed by atoms with Crippen LogP contribution in [0, 0.1) is 0 Å². The highest BCUT2D eigenvalue weighted by molar-refractivity contribution is 5.22. The summed E-state index contributed by atoms with van der Waals surface area (Å²) in [5, 5.41) is 3.15. The van der Waals surface area contributed by atoms with Gasteiger partial charge < -0.3 is 15.0 Å². The van der Waals surface area contributed by atoms with Gasteiger partial charge in [-0.15, -0.1) is 0 Å². The summed E-state index contributed by atoms with van der Waals surface area (Å²) >= 11 is 0. The summed E-state index contributed by atoms with van der Waals surface area (Å²) in [5.74, 6) is 1.20. The van der Waals surface area contributed by atoms with Crippen molar-refractivity contribution in [1.29, 1.82) is 0 Å². The van der Waals surface area contributed by atoms with E-state index in [2.05, 4.69) is 15.3 Å². The standard InChI is InChI=1S/C11H15N3O2/c15-11-8-5-12-6-9(8)13-10(14-11)7-1-3-16-4-2-7/h7,12H,1-6H2,(H,13,14,15). The number of hydrogen-bond donors (Lipinski definition) is 2. The van der Waals surface area contributed by atoms with Gasteiger partial charge in [-0.1, -0.05) is 0 Å². The molecule has 2 aliphatic rings. The van der Waals surface area contributed by atoms with Crippen LogP contribution in [0.25, 0.3) is 0 Å². The molecule has 0 atom stereocenters. The van der Waals surface area contributed by atoms with E-state index in [9.17, 15) is 4.79 Å². The number of H-pyrrole nitrogens is 1. The SMILES string of the molecule is O=c1[nH]c(C2CCOCC2)nc2c1CNC2. The molecule has 5 nitrogen and oxygen atoms in total. The molecule has 0 spiro atoms. The van der Waals surface area contributed by atoms with Crippen LogP contribution < -0.4 is 10.9 Å². The Balaban J connectivity index is 1.96. The van der Waals surface area contributed by atoms with Gasteiger partial charge in [0.15, 0.2) is 0 Å². The molecule has 0 aromatic carbocycles. The number of aromatic nitrogens is 2. The third kappa shape index (κ3) is 1.66. The summed E-state index contributed by atoms with van der Waals surface area (Å²) in [6, 6.07) is 0. The molecule has 1 saturated heterocycles. The highest BCUT2D eigenvalue weighted by Gasteiger charge is 2.22. The molecule has 0 radical (unpaired) electrons. The molecule has 1 aromatic rings. The fourth-order valence-electron chi connectivity index (χ4n) is 2.36. The summed E-state index contributed by atoms with van der Waals surface area (Å²) in [7, 11) is 0. The lowest BCUT2D eigenvalue weighted by atomic mass is 9.99. The third-order valence-electron chi connectivity index (χ3n) is 3.32. The zero-order valence-electron chi connectivity index (χ0n) is 9.08. The molecular weight excluding hydrogens is 206 g/mol. The minimum Gasteiger partial charge on any atom is -0.381 e. The summed E-state index contributed by atoms with van der Waals surface area (Å²) in [6.45, 7) is 2.90. The summed E-state index contributed by atoms with van der Waals surface area (Å²) in [5.41, 5.74) is 1.75. The van der Waals surface area contributed by atoms with Gasteiger partial charge in [-0.05, 0) is 12.8 Å². The molecule has 86 valence electrons. The smallest absolute Gasteiger partial charge is 0.255 e. The molecule has 0 aliphatic carbocycles. The maximum absolute atomic E-state index is 11.8. The Bertz CT molecular complexity index is 449. The van der Waals surface area contributed by atoms with E-state index in [1.165, 1.54) is 0 Å². The second-order valence-corrected chi connectivity index (χ2v) is 4.37. The Morgan fingerprint density at radius 3 is 2.88 bits per heavy atom. The zero-order valence-corrected chi connectivity index (χ0v) is 9.08. The molecule has 0 bridgehead atoms. The average molecular weight is 221 g/mol. The van der Waals surface area contributed by atoms with Gasteiger partial charge in [-0.3, -0.25) is 4.79 Å². The predicted molar refractivity (Wildman–Crippen MR) is 58.2 cm³/mol. The lowest BCUT2D eigenvalue weighted by molar-refractivity contribution is 0.0835. The quantitative estimate of drug-likeness (QED) is 0.714. The van der Waals surface area contributed by atoms with Crippen LogP contribution in [-0.4, -0.2) is 23.2 Å². The third-order valence-corrected chi connectivity index (χ3v) is 3.32. The normalized spacial score (nSPS) is 21.0. The number of nitrogens with zero attached hydrogens (tertiary/aromatic N) is 1. The van der Waals surface area contributed by atoms with Crippen LogP contribution in [0.4, 0.5) is 0 Å². The second kappa shape index (κ2) is 3.99. The highest BCUT2D eigenvalue weighted by atomic mass is 16.5. The lowest BCUT2D eigenvalue weighted by Crippen LogP contribution is -2.22. The summed E-state index contributed by atoms with van der Waals surface area (Å²) in [6.07, 6.45) is 1.91. The monoisotopic (exact) mass is 221 g/mol. The van der Waals surface area contributed by atoms with E-state index in [-0.39, 0.29) is 5.56 Å². The van der Waals surface area contributed by atoms with Gasteiger partial charge in [0.05, 0.1) is 11.3 Å². The van der Waals surface area contributed by atoms with Crippen molar-refractivity contribution in [2.24, 2.45) is 0 Å². The van der Waals surface area contributed by atoms with Crippen molar-refractivity contribution in [3.8, 4) is 0 Å². The molecule has 5 heteroatoms. The summed E-state index contributed by atoms with van der Waals surface area (Å²) < 4.78 is 5.31. The van der Waals surface area contributed by atoms with E-state index in [4.69, 9.17) is 4.74 Å². The van der Waals surface area contributed by atoms with Crippen molar-refractivity contribution in [3.05, 3.63) is 27.4 Å².